The van der Waals surface area contributed by atoms with E-state index < -0.39 is 38.6 Å². The summed E-state index contributed by atoms with van der Waals surface area (Å²) >= 11 is 3.27. The second kappa shape index (κ2) is 8.49. The van der Waals surface area contributed by atoms with Crippen molar-refractivity contribution in [2.24, 2.45) is 0 Å². The Labute approximate surface area is 181 Å². The van der Waals surface area contributed by atoms with Crippen LogP contribution in [0.1, 0.15) is 15.9 Å². The smallest absolute Gasteiger partial charge is 0.357 e. The van der Waals surface area contributed by atoms with Gasteiger partial charge in [0.05, 0.1) is 15.4 Å². The Morgan fingerprint density at radius 2 is 1.52 bits per heavy atom. The van der Waals surface area contributed by atoms with Crippen LogP contribution in [0.5, 0.6) is 0 Å². The van der Waals surface area contributed by atoms with E-state index in [1.807, 2.05) is 0 Å². The van der Waals surface area contributed by atoms with E-state index >= 15 is 0 Å². The van der Waals surface area contributed by atoms with E-state index in [-0.39, 0.29) is 32.1 Å². The molecule has 0 unspecified atom stereocenters. The van der Waals surface area contributed by atoms with Gasteiger partial charge in [-0.05, 0) is 18.2 Å². The summed E-state index contributed by atoms with van der Waals surface area (Å²) in [5.74, 6) is -0.294. The van der Waals surface area contributed by atoms with Crippen molar-refractivity contribution in [3.8, 4) is 0 Å². The van der Waals surface area contributed by atoms with Crippen LogP contribution in [0.15, 0.2) is 40.9 Å². The van der Waals surface area contributed by atoms with Crippen LogP contribution in [-0.2, 0) is 6.18 Å². The predicted molar refractivity (Wildman–Crippen MR) is 107 cm³/mol. The minimum Gasteiger partial charge on any atom is -0.357 e. The highest BCUT2D eigenvalue weighted by Gasteiger charge is 2.40. The highest BCUT2D eigenvalue weighted by Crippen LogP contribution is 2.43. The van der Waals surface area contributed by atoms with Crippen molar-refractivity contribution < 1.29 is 27.8 Å². The number of carbonyl (C=O) groups is 1. The normalized spacial score (nSPS) is 14.5. The molecule has 1 aliphatic heterocycles. The molecule has 0 radical (unpaired) electrons. The third-order valence-electron chi connectivity index (χ3n) is 4.75. The van der Waals surface area contributed by atoms with Crippen molar-refractivity contribution in [2.75, 3.05) is 31.1 Å². The van der Waals surface area contributed by atoms with Crippen LogP contribution in [0.2, 0.25) is 0 Å². The second-order valence-electron chi connectivity index (χ2n) is 6.66. The van der Waals surface area contributed by atoms with E-state index in [1.165, 1.54) is 9.80 Å². The zero-order chi connectivity index (χ0) is 22.9. The van der Waals surface area contributed by atoms with Crippen molar-refractivity contribution in [3.63, 3.8) is 0 Å². The van der Waals surface area contributed by atoms with E-state index in [1.54, 1.807) is 24.3 Å². The van der Waals surface area contributed by atoms with Crippen molar-refractivity contribution in [3.05, 3.63) is 72.2 Å². The number of piperazine rings is 1. The van der Waals surface area contributed by atoms with Crippen LogP contribution < -0.4 is 4.90 Å². The van der Waals surface area contributed by atoms with Crippen molar-refractivity contribution in [2.45, 2.75) is 6.18 Å². The van der Waals surface area contributed by atoms with Gasteiger partial charge in [-0.15, -0.1) is 0 Å². The fourth-order valence-corrected chi connectivity index (χ4v) is 3.71. The molecule has 1 amide bonds. The first kappa shape index (κ1) is 22.5. The van der Waals surface area contributed by atoms with Gasteiger partial charge in [-0.2, -0.15) is 13.2 Å². The predicted octanol–water partition coefficient (Wildman–Crippen LogP) is 4.25. The van der Waals surface area contributed by atoms with E-state index in [4.69, 9.17) is 0 Å². The average Bonchev–Trinajstić information content (AvgIpc) is 2.71. The van der Waals surface area contributed by atoms with Gasteiger partial charge in [0.15, 0.2) is 5.69 Å². The number of nitrogens with zero attached hydrogens (tertiary/aromatic N) is 4. The number of rotatable bonds is 4. The molecule has 1 heterocycles. The lowest BCUT2D eigenvalue weighted by Crippen LogP contribution is -2.49. The van der Waals surface area contributed by atoms with Gasteiger partial charge in [0.2, 0.25) is 0 Å². The number of nitro groups is 2. The summed E-state index contributed by atoms with van der Waals surface area (Å²) in [7, 11) is 0. The van der Waals surface area contributed by atoms with Crippen LogP contribution in [0.25, 0.3) is 0 Å². The molecule has 1 fully saturated rings. The van der Waals surface area contributed by atoms with Crippen molar-refractivity contribution >= 4 is 38.9 Å². The lowest BCUT2D eigenvalue weighted by Gasteiger charge is -2.35. The largest absolute Gasteiger partial charge is 0.416 e. The fraction of sp³-hybridized carbons (Fsp3) is 0.278. The van der Waals surface area contributed by atoms with Crippen molar-refractivity contribution in [1.29, 1.82) is 0 Å². The summed E-state index contributed by atoms with van der Waals surface area (Å²) in [5, 5.41) is 22.9. The zero-order valence-corrected chi connectivity index (χ0v) is 17.2. The number of carbonyl (C=O) groups excluding carboxylic acids is 1. The van der Waals surface area contributed by atoms with Crippen LogP contribution >= 0.6 is 15.9 Å². The third kappa shape index (κ3) is 4.76. The molecule has 3 rings (SSSR count). The lowest BCUT2D eigenvalue weighted by atomic mass is 10.1. The number of hydrogen-bond donors (Lipinski definition) is 0. The van der Waals surface area contributed by atoms with Gasteiger partial charge >= 0.3 is 6.18 Å². The molecule has 0 bridgehead atoms. The van der Waals surface area contributed by atoms with E-state index in [2.05, 4.69) is 15.9 Å². The molecule has 1 saturated heterocycles. The molecule has 2 aromatic carbocycles. The van der Waals surface area contributed by atoms with E-state index in [0.29, 0.717) is 22.2 Å². The highest BCUT2D eigenvalue weighted by atomic mass is 79.9. The number of alkyl halides is 3. The first-order valence-electron chi connectivity index (χ1n) is 8.83. The van der Waals surface area contributed by atoms with Crippen LogP contribution in [0.3, 0.4) is 0 Å². The molecule has 13 heteroatoms. The molecule has 31 heavy (non-hydrogen) atoms. The molecular weight excluding hydrogens is 489 g/mol. The Morgan fingerprint density at radius 1 is 0.968 bits per heavy atom. The topological polar surface area (TPSA) is 110 Å². The summed E-state index contributed by atoms with van der Waals surface area (Å²) in [6, 6.07) is 7.26. The fourth-order valence-electron chi connectivity index (χ4n) is 3.31. The molecule has 2 aromatic rings. The van der Waals surface area contributed by atoms with E-state index in [0.717, 1.165) is 0 Å². The summed E-state index contributed by atoms with van der Waals surface area (Å²) in [6.45, 7) is 0.126. The molecule has 164 valence electrons. The summed E-state index contributed by atoms with van der Waals surface area (Å²) in [5.41, 5.74) is -3.58. The van der Waals surface area contributed by atoms with Gasteiger partial charge in [-0.1, -0.05) is 22.0 Å². The van der Waals surface area contributed by atoms with Crippen molar-refractivity contribution in [1.82, 2.24) is 4.90 Å². The molecule has 9 nitrogen and oxygen atoms in total. The van der Waals surface area contributed by atoms with Gasteiger partial charge in [-0.3, -0.25) is 25.0 Å². The number of hydrogen-bond acceptors (Lipinski definition) is 6. The maximum Gasteiger partial charge on any atom is 0.416 e. The average molecular weight is 503 g/mol. The summed E-state index contributed by atoms with van der Waals surface area (Å²) in [6.07, 6.45) is -4.98. The van der Waals surface area contributed by atoms with Gasteiger partial charge in [0.25, 0.3) is 17.3 Å². The van der Waals surface area contributed by atoms with Crippen LogP contribution in [-0.4, -0.2) is 46.8 Å². The van der Waals surface area contributed by atoms with Gasteiger partial charge in [-0.25, -0.2) is 0 Å². The maximum absolute atomic E-state index is 13.1. The minimum atomic E-state index is -4.98. The summed E-state index contributed by atoms with van der Waals surface area (Å²) in [4.78, 5) is 36.1. The first-order chi connectivity index (χ1) is 14.5. The monoisotopic (exact) mass is 502 g/mol. The molecule has 0 spiro atoms. The molecule has 1 aliphatic rings. The highest BCUT2D eigenvalue weighted by molar-refractivity contribution is 9.10. The Balaban J connectivity index is 1.91. The second-order valence-corrected chi connectivity index (χ2v) is 7.58. The maximum atomic E-state index is 13.1. The quantitative estimate of drug-likeness (QED) is 0.456. The molecule has 0 aromatic heterocycles. The molecular formula is C18H14BrF3N4O5. The summed E-state index contributed by atoms with van der Waals surface area (Å²) < 4.78 is 39.9. The number of benzene rings is 2. The standard InChI is InChI=1S/C18H14BrF3N4O5/c19-13-3-1-2-11(8-13)17(27)24-6-4-23(5-7-24)16-14(25(28)29)9-12(18(20,21)22)10-15(16)26(30)31/h1-3,8-10H,4-7H2. The Morgan fingerprint density at radius 3 is 1.97 bits per heavy atom. The third-order valence-corrected chi connectivity index (χ3v) is 5.24. The van der Waals surface area contributed by atoms with Crippen LogP contribution in [0.4, 0.5) is 30.2 Å². The molecule has 0 atom stereocenters. The molecule has 0 N–H and O–H groups in total. The number of halogens is 4. The van der Waals surface area contributed by atoms with Gasteiger partial charge < -0.3 is 9.80 Å². The van der Waals surface area contributed by atoms with Crippen LogP contribution in [0, 0.1) is 20.2 Å². The zero-order valence-electron chi connectivity index (χ0n) is 15.6. The molecule has 0 aliphatic carbocycles. The first-order valence-corrected chi connectivity index (χ1v) is 9.62. The Kier molecular flexibility index (Phi) is 6.15. The number of amides is 1. The Hall–Kier alpha value is -3.22. The minimum absolute atomic E-state index is 0.0210. The SMILES string of the molecule is O=C(c1cccc(Br)c1)N1CCN(c2c([N+](=O)[O-])cc(C(F)(F)F)cc2[N+](=O)[O-])CC1. The van der Waals surface area contributed by atoms with Gasteiger partial charge in [0.1, 0.15) is 0 Å². The Bertz CT molecular complexity index is 1020. The lowest BCUT2D eigenvalue weighted by molar-refractivity contribution is -0.393. The number of nitro benzene ring substituents is 2. The van der Waals surface area contributed by atoms with E-state index in [9.17, 15) is 38.2 Å². The molecule has 0 saturated carbocycles. The number of anilines is 1. The van der Waals surface area contributed by atoms with Gasteiger partial charge in [0, 0.05) is 48.3 Å².